The standard InChI is InChI=1S/C9H11N3O2/c1-14-8-5-11-6-2-3-10-4-7(6)12-9(8)13/h2-4,8,11H,5H2,1H3,(H,12,13). The molecule has 0 saturated carbocycles. The Kier molecular flexibility index (Phi) is 2.32. The largest absolute Gasteiger partial charge is 0.380 e. The Morgan fingerprint density at radius 3 is 3.21 bits per heavy atom. The molecule has 5 nitrogen and oxygen atoms in total. The summed E-state index contributed by atoms with van der Waals surface area (Å²) in [5, 5.41) is 5.84. The molecule has 0 aromatic carbocycles. The lowest BCUT2D eigenvalue weighted by molar-refractivity contribution is -0.124. The van der Waals surface area contributed by atoms with Crippen LogP contribution in [-0.4, -0.2) is 30.6 Å². The van der Waals surface area contributed by atoms with E-state index < -0.39 is 6.10 Å². The zero-order chi connectivity index (χ0) is 9.97. The smallest absolute Gasteiger partial charge is 0.255 e. The summed E-state index contributed by atoms with van der Waals surface area (Å²) in [6.07, 6.45) is 2.83. The van der Waals surface area contributed by atoms with Gasteiger partial charge in [-0.3, -0.25) is 9.78 Å². The number of rotatable bonds is 1. The van der Waals surface area contributed by atoms with Crippen molar-refractivity contribution in [2.24, 2.45) is 0 Å². The third-order valence-electron chi connectivity index (χ3n) is 2.13. The van der Waals surface area contributed by atoms with Crippen molar-refractivity contribution in [1.82, 2.24) is 4.98 Å². The van der Waals surface area contributed by atoms with E-state index in [9.17, 15) is 4.79 Å². The first-order chi connectivity index (χ1) is 6.81. The molecule has 1 amide bonds. The molecule has 1 atom stereocenters. The monoisotopic (exact) mass is 193 g/mol. The molecule has 1 aromatic heterocycles. The minimum absolute atomic E-state index is 0.147. The zero-order valence-corrected chi connectivity index (χ0v) is 7.78. The van der Waals surface area contributed by atoms with Crippen LogP contribution >= 0.6 is 0 Å². The molecular formula is C9H11N3O2. The number of carbonyl (C=O) groups excluding carboxylic acids is 1. The van der Waals surface area contributed by atoms with Crippen molar-refractivity contribution in [3.63, 3.8) is 0 Å². The fourth-order valence-electron chi connectivity index (χ4n) is 1.35. The number of carbonyl (C=O) groups is 1. The first-order valence-corrected chi connectivity index (χ1v) is 4.33. The molecule has 1 aromatic rings. The Bertz CT molecular complexity index is 354. The summed E-state index contributed by atoms with van der Waals surface area (Å²) in [5.41, 5.74) is 1.56. The van der Waals surface area contributed by atoms with Gasteiger partial charge in [-0.1, -0.05) is 0 Å². The van der Waals surface area contributed by atoms with Crippen LogP contribution in [0.2, 0.25) is 0 Å². The second-order valence-corrected chi connectivity index (χ2v) is 3.02. The summed E-state index contributed by atoms with van der Waals surface area (Å²) in [6.45, 7) is 0.472. The van der Waals surface area contributed by atoms with Crippen LogP contribution in [0.3, 0.4) is 0 Å². The molecule has 14 heavy (non-hydrogen) atoms. The van der Waals surface area contributed by atoms with E-state index in [1.165, 1.54) is 7.11 Å². The van der Waals surface area contributed by atoms with Crippen molar-refractivity contribution in [3.8, 4) is 0 Å². The molecule has 0 fully saturated rings. The van der Waals surface area contributed by atoms with Crippen LogP contribution < -0.4 is 10.6 Å². The van der Waals surface area contributed by atoms with E-state index >= 15 is 0 Å². The Hall–Kier alpha value is -1.62. The van der Waals surface area contributed by atoms with Crippen LogP contribution in [0.1, 0.15) is 0 Å². The Morgan fingerprint density at radius 1 is 1.57 bits per heavy atom. The van der Waals surface area contributed by atoms with E-state index in [1.807, 2.05) is 6.07 Å². The third kappa shape index (κ3) is 1.54. The lowest BCUT2D eigenvalue weighted by Gasteiger charge is -2.09. The number of amides is 1. The average molecular weight is 193 g/mol. The molecule has 2 N–H and O–H groups in total. The third-order valence-corrected chi connectivity index (χ3v) is 2.13. The van der Waals surface area contributed by atoms with Crippen molar-refractivity contribution < 1.29 is 9.53 Å². The number of aromatic nitrogens is 1. The van der Waals surface area contributed by atoms with Gasteiger partial charge in [-0.2, -0.15) is 0 Å². The van der Waals surface area contributed by atoms with Gasteiger partial charge < -0.3 is 15.4 Å². The van der Waals surface area contributed by atoms with Gasteiger partial charge >= 0.3 is 0 Å². The normalized spacial score (nSPS) is 20.4. The highest BCUT2D eigenvalue weighted by Gasteiger charge is 2.22. The highest BCUT2D eigenvalue weighted by atomic mass is 16.5. The van der Waals surface area contributed by atoms with Crippen LogP contribution in [0.4, 0.5) is 11.4 Å². The van der Waals surface area contributed by atoms with Crippen molar-refractivity contribution in [1.29, 1.82) is 0 Å². The van der Waals surface area contributed by atoms with Gasteiger partial charge in [0.05, 0.1) is 24.1 Å². The molecule has 0 spiro atoms. The quantitative estimate of drug-likeness (QED) is 0.680. The second kappa shape index (κ2) is 3.63. The molecule has 1 aliphatic rings. The van der Waals surface area contributed by atoms with Crippen molar-refractivity contribution >= 4 is 17.3 Å². The van der Waals surface area contributed by atoms with E-state index in [-0.39, 0.29) is 5.91 Å². The molecule has 0 aliphatic carbocycles. The Balaban J connectivity index is 2.28. The topological polar surface area (TPSA) is 63.2 Å². The number of nitrogens with zero attached hydrogens (tertiary/aromatic N) is 1. The molecule has 0 radical (unpaired) electrons. The van der Waals surface area contributed by atoms with Crippen molar-refractivity contribution in [2.45, 2.75) is 6.10 Å². The maximum absolute atomic E-state index is 11.5. The van der Waals surface area contributed by atoms with Crippen LogP contribution in [0.15, 0.2) is 18.5 Å². The minimum Gasteiger partial charge on any atom is -0.380 e. The second-order valence-electron chi connectivity index (χ2n) is 3.02. The maximum atomic E-state index is 11.5. The first kappa shape index (κ1) is 8.96. The fourth-order valence-corrected chi connectivity index (χ4v) is 1.35. The number of nitrogens with one attached hydrogen (secondary N) is 2. The van der Waals surface area contributed by atoms with Gasteiger partial charge in [0.2, 0.25) is 0 Å². The van der Waals surface area contributed by atoms with E-state index in [0.717, 1.165) is 5.69 Å². The van der Waals surface area contributed by atoms with Crippen LogP contribution in [0, 0.1) is 0 Å². The number of methoxy groups -OCH3 is 1. The number of hydrogen-bond acceptors (Lipinski definition) is 4. The minimum atomic E-state index is -0.456. The Labute approximate surface area is 81.5 Å². The molecule has 1 unspecified atom stereocenters. The van der Waals surface area contributed by atoms with Gasteiger partial charge in [0.15, 0.2) is 6.10 Å². The van der Waals surface area contributed by atoms with Gasteiger partial charge in [-0.25, -0.2) is 0 Å². The number of hydrogen-bond donors (Lipinski definition) is 2. The van der Waals surface area contributed by atoms with E-state index in [2.05, 4.69) is 15.6 Å². The van der Waals surface area contributed by atoms with Crippen LogP contribution in [0.5, 0.6) is 0 Å². The summed E-state index contributed by atoms with van der Waals surface area (Å²) in [4.78, 5) is 15.4. The van der Waals surface area contributed by atoms with E-state index in [4.69, 9.17) is 4.74 Å². The van der Waals surface area contributed by atoms with E-state index in [0.29, 0.717) is 12.2 Å². The first-order valence-electron chi connectivity index (χ1n) is 4.33. The lowest BCUT2D eigenvalue weighted by atomic mass is 10.3. The predicted molar refractivity (Wildman–Crippen MR) is 52.2 cm³/mol. The maximum Gasteiger partial charge on any atom is 0.255 e. The average Bonchev–Trinajstić information content (AvgIpc) is 2.36. The van der Waals surface area contributed by atoms with Gasteiger partial charge in [0.1, 0.15) is 0 Å². The summed E-state index contributed by atoms with van der Waals surface area (Å²) in [5.74, 6) is -0.147. The van der Waals surface area contributed by atoms with Gasteiger partial charge in [-0.05, 0) is 6.07 Å². The summed E-state index contributed by atoms with van der Waals surface area (Å²) >= 11 is 0. The molecule has 2 rings (SSSR count). The van der Waals surface area contributed by atoms with Gasteiger partial charge in [-0.15, -0.1) is 0 Å². The molecule has 1 aliphatic heterocycles. The predicted octanol–water partition coefficient (Wildman–Crippen LogP) is 0.461. The SMILES string of the molecule is COC1CNc2ccncc2NC1=O. The molecule has 0 saturated heterocycles. The summed E-state index contributed by atoms with van der Waals surface area (Å²) in [7, 11) is 1.51. The number of ether oxygens (including phenoxy) is 1. The summed E-state index contributed by atoms with van der Waals surface area (Å²) in [6, 6.07) is 1.81. The van der Waals surface area contributed by atoms with Crippen molar-refractivity contribution in [2.75, 3.05) is 24.3 Å². The number of fused-ring (bicyclic) bond motifs is 1. The number of pyridine rings is 1. The zero-order valence-electron chi connectivity index (χ0n) is 7.78. The molecule has 2 heterocycles. The highest BCUT2D eigenvalue weighted by molar-refractivity contribution is 5.98. The van der Waals surface area contributed by atoms with Gasteiger partial charge in [0, 0.05) is 13.3 Å². The molecule has 74 valence electrons. The lowest BCUT2D eigenvalue weighted by Crippen LogP contribution is -2.32. The van der Waals surface area contributed by atoms with Crippen LogP contribution in [-0.2, 0) is 9.53 Å². The van der Waals surface area contributed by atoms with E-state index in [1.54, 1.807) is 12.4 Å². The summed E-state index contributed by atoms with van der Waals surface area (Å²) < 4.78 is 5.02. The molecule has 0 bridgehead atoms. The highest BCUT2D eigenvalue weighted by Crippen LogP contribution is 2.22. The number of anilines is 2. The molecule has 5 heteroatoms. The molecular weight excluding hydrogens is 182 g/mol. The van der Waals surface area contributed by atoms with Crippen molar-refractivity contribution in [3.05, 3.63) is 18.5 Å². The van der Waals surface area contributed by atoms with Gasteiger partial charge in [0.25, 0.3) is 5.91 Å². The van der Waals surface area contributed by atoms with Crippen LogP contribution in [0.25, 0.3) is 0 Å². The fraction of sp³-hybridized carbons (Fsp3) is 0.333. The Morgan fingerprint density at radius 2 is 2.43 bits per heavy atom.